The molecule has 0 radical (unpaired) electrons. The van der Waals surface area contributed by atoms with Crippen molar-refractivity contribution >= 4 is 23.4 Å². The molecule has 0 bridgehead atoms. The molecule has 9 heteroatoms. The first-order chi connectivity index (χ1) is 10.0. The van der Waals surface area contributed by atoms with Crippen LogP contribution in [-0.4, -0.2) is 32.1 Å². The standard InChI is InChI=1S/C12H13N5O3S/c1-3-13-11(18)8-4-5-10(9(6-8)17(19)20)21-12-15-14-7-16(12)2/h4-7H,3H2,1-2H3,(H,13,18). The Bertz CT molecular complexity index is 685. The molecule has 1 amide bonds. The summed E-state index contributed by atoms with van der Waals surface area (Å²) in [5.74, 6) is -0.337. The van der Waals surface area contributed by atoms with E-state index in [9.17, 15) is 14.9 Å². The van der Waals surface area contributed by atoms with E-state index < -0.39 is 4.92 Å². The minimum atomic E-state index is -0.512. The van der Waals surface area contributed by atoms with Crippen molar-refractivity contribution in [3.63, 3.8) is 0 Å². The van der Waals surface area contributed by atoms with Gasteiger partial charge in [-0.05, 0) is 30.8 Å². The highest BCUT2D eigenvalue weighted by Gasteiger charge is 2.19. The zero-order valence-electron chi connectivity index (χ0n) is 11.4. The summed E-state index contributed by atoms with van der Waals surface area (Å²) < 4.78 is 1.66. The van der Waals surface area contributed by atoms with E-state index in [1.165, 1.54) is 12.4 Å². The second-order valence-corrected chi connectivity index (χ2v) is 5.13. The third-order valence-corrected chi connectivity index (χ3v) is 3.74. The van der Waals surface area contributed by atoms with Crippen LogP contribution in [0.25, 0.3) is 0 Å². The molecule has 0 aliphatic carbocycles. The second kappa shape index (κ2) is 6.35. The molecule has 0 aliphatic rings. The van der Waals surface area contributed by atoms with Gasteiger partial charge in [0.2, 0.25) is 0 Å². The highest BCUT2D eigenvalue weighted by molar-refractivity contribution is 7.99. The van der Waals surface area contributed by atoms with Crippen LogP contribution in [0.3, 0.4) is 0 Å². The van der Waals surface area contributed by atoms with Crippen LogP contribution in [0.2, 0.25) is 0 Å². The van der Waals surface area contributed by atoms with Gasteiger partial charge >= 0.3 is 0 Å². The van der Waals surface area contributed by atoms with Crippen molar-refractivity contribution in [2.75, 3.05) is 6.54 Å². The van der Waals surface area contributed by atoms with Gasteiger partial charge in [-0.25, -0.2) is 0 Å². The number of amides is 1. The lowest BCUT2D eigenvalue weighted by Crippen LogP contribution is -2.22. The molecule has 0 saturated heterocycles. The van der Waals surface area contributed by atoms with Crippen molar-refractivity contribution < 1.29 is 9.72 Å². The molecule has 21 heavy (non-hydrogen) atoms. The van der Waals surface area contributed by atoms with Crippen molar-refractivity contribution in [1.29, 1.82) is 0 Å². The first-order valence-electron chi connectivity index (χ1n) is 6.11. The Labute approximate surface area is 124 Å². The van der Waals surface area contributed by atoms with Gasteiger partial charge in [-0.2, -0.15) is 0 Å². The summed E-state index contributed by atoms with van der Waals surface area (Å²) in [6.07, 6.45) is 1.51. The quantitative estimate of drug-likeness (QED) is 0.665. The first-order valence-corrected chi connectivity index (χ1v) is 6.93. The summed E-state index contributed by atoms with van der Waals surface area (Å²) in [6.45, 7) is 2.24. The summed E-state index contributed by atoms with van der Waals surface area (Å²) >= 11 is 1.13. The molecule has 0 saturated carbocycles. The number of nitro groups is 1. The van der Waals surface area contributed by atoms with Crippen molar-refractivity contribution in [2.24, 2.45) is 7.05 Å². The van der Waals surface area contributed by atoms with Crippen molar-refractivity contribution in [3.8, 4) is 0 Å². The predicted octanol–water partition coefficient (Wildman–Crippen LogP) is 1.62. The lowest BCUT2D eigenvalue weighted by molar-refractivity contribution is -0.387. The van der Waals surface area contributed by atoms with Crippen LogP contribution in [0.5, 0.6) is 0 Å². The third-order valence-electron chi connectivity index (χ3n) is 2.63. The Morgan fingerprint density at radius 3 is 2.86 bits per heavy atom. The number of nitrogens with zero attached hydrogens (tertiary/aromatic N) is 4. The van der Waals surface area contributed by atoms with Crippen LogP contribution in [0.15, 0.2) is 34.6 Å². The third kappa shape index (κ3) is 3.37. The van der Waals surface area contributed by atoms with Crippen molar-refractivity contribution in [2.45, 2.75) is 17.0 Å². The number of carbonyl (C=O) groups is 1. The minimum Gasteiger partial charge on any atom is -0.352 e. The number of hydrogen-bond donors (Lipinski definition) is 1. The zero-order chi connectivity index (χ0) is 15.4. The fourth-order valence-corrected chi connectivity index (χ4v) is 2.46. The number of benzene rings is 1. The van der Waals surface area contributed by atoms with E-state index in [1.54, 1.807) is 30.7 Å². The number of hydrogen-bond acceptors (Lipinski definition) is 6. The Kier molecular flexibility index (Phi) is 4.53. The van der Waals surface area contributed by atoms with E-state index in [0.29, 0.717) is 16.6 Å². The fraction of sp³-hybridized carbons (Fsp3) is 0.250. The molecule has 0 fully saturated rings. The molecule has 2 rings (SSSR count). The number of carbonyl (C=O) groups excluding carboxylic acids is 1. The highest BCUT2D eigenvalue weighted by atomic mass is 32.2. The number of rotatable bonds is 5. The van der Waals surface area contributed by atoms with Crippen LogP contribution in [0, 0.1) is 10.1 Å². The lowest BCUT2D eigenvalue weighted by atomic mass is 10.2. The van der Waals surface area contributed by atoms with Crippen molar-refractivity contribution in [3.05, 3.63) is 40.2 Å². The van der Waals surface area contributed by atoms with Crippen molar-refractivity contribution in [1.82, 2.24) is 20.1 Å². The van der Waals surface area contributed by atoms with Gasteiger partial charge in [0.25, 0.3) is 11.6 Å². The van der Waals surface area contributed by atoms with E-state index in [2.05, 4.69) is 15.5 Å². The highest BCUT2D eigenvalue weighted by Crippen LogP contribution is 2.34. The molecule has 2 aromatic rings. The smallest absolute Gasteiger partial charge is 0.284 e. The SMILES string of the molecule is CCNC(=O)c1ccc(Sc2nncn2C)c([N+](=O)[O-])c1. The van der Waals surface area contributed by atoms with E-state index in [4.69, 9.17) is 0 Å². The van der Waals surface area contributed by atoms with Gasteiger partial charge in [0, 0.05) is 25.2 Å². The van der Waals surface area contributed by atoms with Gasteiger partial charge in [-0.1, -0.05) is 0 Å². The maximum absolute atomic E-state index is 11.7. The molecule has 1 N–H and O–H groups in total. The normalized spacial score (nSPS) is 10.4. The van der Waals surface area contributed by atoms with E-state index >= 15 is 0 Å². The van der Waals surface area contributed by atoms with E-state index in [1.807, 2.05) is 0 Å². The number of aromatic nitrogens is 3. The second-order valence-electron chi connectivity index (χ2n) is 4.13. The van der Waals surface area contributed by atoms with Gasteiger partial charge in [-0.15, -0.1) is 10.2 Å². The molecule has 1 aromatic carbocycles. The average molecular weight is 307 g/mol. The van der Waals surface area contributed by atoms with Crippen LogP contribution < -0.4 is 5.32 Å². The van der Waals surface area contributed by atoms with Gasteiger partial charge in [0.15, 0.2) is 5.16 Å². The molecule has 0 atom stereocenters. The molecule has 0 spiro atoms. The minimum absolute atomic E-state index is 0.133. The average Bonchev–Trinajstić information content (AvgIpc) is 2.84. The Hall–Kier alpha value is -2.42. The predicted molar refractivity (Wildman–Crippen MR) is 76.2 cm³/mol. The summed E-state index contributed by atoms with van der Waals surface area (Å²) in [7, 11) is 1.75. The molecular weight excluding hydrogens is 294 g/mol. The summed E-state index contributed by atoms with van der Waals surface area (Å²) in [6, 6.07) is 4.36. The van der Waals surface area contributed by atoms with Gasteiger partial charge in [0.05, 0.1) is 9.82 Å². The van der Waals surface area contributed by atoms with Crippen LogP contribution in [0.4, 0.5) is 5.69 Å². The molecule has 0 aliphatic heterocycles. The Morgan fingerprint density at radius 2 is 2.29 bits per heavy atom. The first kappa shape index (κ1) is 15.0. The number of nitrogens with one attached hydrogen (secondary N) is 1. The topological polar surface area (TPSA) is 103 Å². The lowest BCUT2D eigenvalue weighted by Gasteiger charge is -2.05. The van der Waals surface area contributed by atoms with Gasteiger partial charge in [0.1, 0.15) is 6.33 Å². The fourth-order valence-electron chi connectivity index (χ4n) is 1.61. The Morgan fingerprint density at radius 1 is 1.52 bits per heavy atom. The molecule has 8 nitrogen and oxygen atoms in total. The number of nitro benzene ring substituents is 1. The molecule has 1 heterocycles. The maximum Gasteiger partial charge on any atom is 0.284 e. The maximum atomic E-state index is 11.7. The van der Waals surface area contributed by atoms with Gasteiger partial charge < -0.3 is 9.88 Å². The summed E-state index contributed by atoms with van der Waals surface area (Å²) in [4.78, 5) is 22.8. The van der Waals surface area contributed by atoms with E-state index in [0.717, 1.165) is 11.8 Å². The molecule has 1 aromatic heterocycles. The summed E-state index contributed by atoms with van der Waals surface area (Å²) in [5.41, 5.74) is 0.123. The summed E-state index contributed by atoms with van der Waals surface area (Å²) in [5, 5.41) is 21.9. The van der Waals surface area contributed by atoms with Crippen LogP contribution in [-0.2, 0) is 7.05 Å². The molecule has 110 valence electrons. The Balaban J connectivity index is 2.36. The molecule has 0 unspecified atom stereocenters. The number of aryl methyl sites for hydroxylation is 1. The van der Waals surface area contributed by atoms with Crippen LogP contribution >= 0.6 is 11.8 Å². The van der Waals surface area contributed by atoms with Crippen LogP contribution in [0.1, 0.15) is 17.3 Å². The van der Waals surface area contributed by atoms with E-state index in [-0.39, 0.29) is 17.2 Å². The van der Waals surface area contributed by atoms with Gasteiger partial charge in [-0.3, -0.25) is 14.9 Å². The zero-order valence-corrected chi connectivity index (χ0v) is 12.3. The largest absolute Gasteiger partial charge is 0.352 e. The monoisotopic (exact) mass is 307 g/mol. The molecular formula is C12H13N5O3S.